The maximum absolute atomic E-state index is 12.9. The molecule has 3 saturated heterocycles. The average Bonchev–Trinajstić information content (AvgIpc) is 3.10. The van der Waals surface area contributed by atoms with Crippen LogP contribution in [0.4, 0.5) is 16.2 Å². The van der Waals surface area contributed by atoms with Crippen LogP contribution in [0.2, 0.25) is 0 Å². The summed E-state index contributed by atoms with van der Waals surface area (Å²) in [4.78, 5) is 33.9. The summed E-state index contributed by atoms with van der Waals surface area (Å²) in [5.74, 6) is 0.240. The van der Waals surface area contributed by atoms with Gasteiger partial charge in [-0.05, 0) is 44.2 Å². The number of nitrogens with one attached hydrogen (secondary N) is 1. The standard InChI is InChI=1S/C24H37N5O2/c30-23(28-14-8-3-9-15-28)20-26-16-18-29(19-17-26)24(31)25-21-10-4-5-11-22(21)27-12-6-1-2-7-13-27/h4-5,10-11H,1-3,6-9,12-20H2,(H,25,31). The van der Waals surface area contributed by atoms with Crippen molar-refractivity contribution < 1.29 is 9.59 Å². The van der Waals surface area contributed by atoms with Crippen LogP contribution in [0.1, 0.15) is 44.9 Å². The zero-order chi connectivity index (χ0) is 21.5. The maximum Gasteiger partial charge on any atom is 0.321 e. The third-order valence-electron chi connectivity index (χ3n) is 6.82. The predicted octanol–water partition coefficient (Wildman–Crippen LogP) is 3.23. The van der Waals surface area contributed by atoms with Gasteiger partial charge in [0.1, 0.15) is 0 Å². The number of hydrogen-bond donors (Lipinski definition) is 1. The normalized spacial score (nSPS) is 21.0. The molecule has 3 aliphatic rings. The number of amides is 3. The van der Waals surface area contributed by atoms with Crippen molar-refractivity contribution in [2.45, 2.75) is 44.9 Å². The van der Waals surface area contributed by atoms with E-state index in [1.165, 1.54) is 32.1 Å². The highest BCUT2D eigenvalue weighted by atomic mass is 16.2. The number of para-hydroxylation sites is 2. The highest BCUT2D eigenvalue weighted by Gasteiger charge is 2.25. The van der Waals surface area contributed by atoms with Gasteiger partial charge in [0.25, 0.3) is 0 Å². The summed E-state index contributed by atoms with van der Waals surface area (Å²) >= 11 is 0. The number of rotatable bonds is 4. The first-order chi connectivity index (χ1) is 15.2. The molecule has 7 heteroatoms. The van der Waals surface area contributed by atoms with Crippen LogP contribution >= 0.6 is 0 Å². The fourth-order valence-electron chi connectivity index (χ4n) is 4.90. The molecule has 0 saturated carbocycles. The van der Waals surface area contributed by atoms with E-state index in [4.69, 9.17) is 0 Å². The second-order valence-corrected chi connectivity index (χ2v) is 9.05. The fourth-order valence-corrected chi connectivity index (χ4v) is 4.90. The summed E-state index contributed by atoms with van der Waals surface area (Å²) in [6.45, 7) is 7.20. The summed E-state index contributed by atoms with van der Waals surface area (Å²) in [6, 6.07) is 8.12. The number of anilines is 2. The van der Waals surface area contributed by atoms with E-state index in [0.29, 0.717) is 19.6 Å². The van der Waals surface area contributed by atoms with Crippen LogP contribution in [0.5, 0.6) is 0 Å². The van der Waals surface area contributed by atoms with E-state index in [0.717, 1.165) is 63.5 Å². The van der Waals surface area contributed by atoms with Gasteiger partial charge >= 0.3 is 6.03 Å². The number of carbonyl (C=O) groups excluding carboxylic acids is 2. The molecule has 1 aromatic carbocycles. The minimum atomic E-state index is -0.0377. The molecule has 170 valence electrons. The number of benzene rings is 1. The van der Waals surface area contributed by atoms with Crippen LogP contribution < -0.4 is 10.2 Å². The van der Waals surface area contributed by atoms with Gasteiger partial charge in [0.2, 0.25) is 5.91 Å². The molecule has 7 nitrogen and oxygen atoms in total. The number of piperidine rings is 1. The monoisotopic (exact) mass is 427 g/mol. The van der Waals surface area contributed by atoms with Gasteiger partial charge in [-0.3, -0.25) is 9.69 Å². The number of hydrogen-bond acceptors (Lipinski definition) is 4. The smallest absolute Gasteiger partial charge is 0.321 e. The van der Waals surface area contributed by atoms with Crippen LogP contribution in [0, 0.1) is 0 Å². The zero-order valence-electron chi connectivity index (χ0n) is 18.7. The number of likely N-dealkylation sites (tertiary alicyclic amines) is 1. The Morgan fingerprint density at radius 1 is 0.710 bits per heavy atom. The molecular formula is C24H37N5O2. The quantitative estimate of drug-likeness (QED) is 0.802. The van der Waals surface area contributed by atoms with Crippen LogP contribution in [0.3, 0.4) is 0 Å². The van der Waals surface area contributed by atoms with Gasteiger partial charge in [-0.2, -0.15) is 0 Å². The van der Waals surface area contributed by atoms with E-state index in [9.17, 15) is 9.59 Å². The summed E-state index contributed by atoms with van der Waals surface area (Å²) in [6.07, 6.45) is 8.47. The number of urea groups is 1. The molecule has 3 amide bonds. The molecule has 0 aromatic heterocycles. The van der Waals surface area contributed by atoms with E-state index in [2.05, 4.69) is 21.2 Å². The van der Waals surface area contributed by atoms with Crippen molar-refractivity contribution in [3.63, 3.8) is 0 Å². The molecule has 3 aliphatic heterocycles. The number of piperazine rings is 1. The molecule has 0 spiro atoms. The first-order valence-corrected chi connectivity index (χ1v) is 12.1. The van der Waals surface area contributed by atoms with Crippen molar-refractivity contribution in [2.24, 2.45) is 0 Å². The van der Waals surface area contributed by atoms with Gasteiger partial charge in [-0.15, -0.1) is 0 Å². The first-order valence-electron chi connectivity index (χ1n) is 12.1. The Hall–Kier alpha value is -2.28. The Morgan fingerprint density at radius 3 is 2.03 bits per heavy atom. The van der Waals surface area contributed by atoms with Crippen molar-refractivity contribution in [1.29, 1.82) is 0 Å². The second kappa shape index (κ2) is 10.8. The van der Waals surface area contributed by atoms with Crippen molar-refractivity contribution in [3.05, 3.63) is 24.3 Å². The van der Waals surface area contributed by atoms with E-state index >= 15 is 0 Å². The van der Waals surface area contributed by atoms with Crippen LogP contribution in [-0.2, 0) is 4.79 Å². The average molecular weight is 428 g/mol. The molecule has 0 unspecified atom stereocenters. The first kappa shape index (κ1) is 21.9. The molecule has 4 rings (SSSR count). The van der Waals surface area contributed by atoms with Crippen molar-refractivity contribution in [1.82, 2.24) is 14.7 Å². The van der Waals surface area contributed by atoms with Gasteiger partial charge in [0.05, 0.1) is 17.9 Å². The molecular weight excluding hydrogens is 390 g/mol. The van der Waals surface area contributed by atoms with E-state index < -0.39 is 0 Å². The lowest BCUT2D eigenvalue weighted by Crippen LogP contribution is -2.52. The predicted molar refractivity (Wildman–Crippen MR) is 125 cm³/mol. The topological polar surface area (TPSA) is 59.1 Å². The SMILES string of the molecule is O=C(CN1CCN(C(=O)Nc2ccccc2N2CCCCCC2)CC1)N1CCCCC1. The van der Waals surface area contributed by atoms with Crippen LogP contribution in [0.25, 0.3) is 0 Å². The Bertz CT molecular complexity index is 733. The molecule has 3 heterocycles. The van der Waals surface area contributed by atoms with E-state index in [1.807, 2.05) is 28.0 Å². The molecule has 0 atom stereocenters. The van der Waals surface area contributed by atoms with Gasteiger partial charge in [-0.1, -0.05) is 25.0 Å². The van der Waals surface area contributed by atoms with Gasteiger partial charge < -0.3 is 20.0 Å². The summed E-state index contributed by atoms with van der Waals surface area (Å²) in [7, 11) is 0. The molecule has 31 heavy (non-hydrogen) atoms. The Labute approximate surface area is 186 Å². The Balaban J connectivity index is 1.28. The highest BCUT2D eigenvalue weighted by Crippen LogP contribution is 2.28. The second-order valence-electron chi connectivity index (χ2n) is 9.05. The molecule has 0 radical (unpaired) electrons. The minimum Gasteiger partial charge on any atom is -0.370 e. The minimum absolute atomic E-state index is 0.0377. The molecule has 0 bridgehead atoms. The lowest BCUT2D eigenvalue weighted by Gasteiger charge is -2.36. The zero-order valence-corrected chi connectivity index (χ0v) is 18.7. The molecule has 3 fully saturated rings. The van der Waals surface area contributed by atoms with Gasteiger partial charge in [-0.25, -0.2) is 4.79 Å². The van der Waals surface area contributed by atoms with Crippen molar-refractivity contribution in [2.75, 3.05) is 69.1 Å². The molecule has 1 N–H and O–H groups in total. The van der Waals surface area contributed by atoms with Crippen LogP contribution in [-0.4, -0.2) is 85.5 Å². The maximum atomic E-state index is 12.9. The summed E-state index contributed by atoms with van der Waals surface area (Å²) < 4.78 is 0. The molecule has 1 aromatic rings. The van der Waals surface area contributed by atoms with Crippen LogP contribution in [0.15, 0.2) is 24.3 Å². The van der Waals surface area contributed by atoms with Gasteiger partial charge in [0, 0.05) is 52.4 Å². The lowest BCUT2D eigenvalue weighted by atomic mass is 10.1. The third-order valence-corrected chi connectivity index (χ3v) is 6.82. The summed E-state index contributed by atoms with van der Waals surface area (Å²) in [5.41, 5.74) is 2.03. The number of carbonyl (C=O) groups is 2. The largest absolute Gasteiger partial charge is 0.370 e. The van der Waals surface area contributed by atoms with Crippen molar-refractivity contribution in [3.8, 4) is 0 Å². The highest BCUT2D eigenvalue weighted by molar-refractivity contribution is 5.93. The summed E-state index contributed by atoms with van der Waals surface area (Å²) in [5, 5.41) is 3.16. The number of nitrogens with zero attached hydrogens (tertiary/aromatic N) is 4. The Morgan fingerprint density at radius 2 is 1.32 bits per heavy atom. The fraction of sp³-hybridized carbons (Fsp3) is 0.667. The van der Waals surface area contributed by atoms with Crippen molar-refractivity contribution >= 4 is 23.3 Å². The Kier molecular flexibility index (Phi) is 7.67. The van der Waals surface area contributed by atoms with E-state index in [1.54, 1.807) is 0 Å². The van der Waals surface area contributed by atoms with E-state index in [-0.39, 0.29) is 11.9 Å². The lowest BCUT2D eigenvalue weighted by molar-refractivity contribution is -0.133. The third kappa shape index (κ3) is 5.91. The van der Waals surface area contributed by atoms with Gasteiger partial charge in [0.15, 0.2) is 0 Å². The molecule has 0 aliphatic carbocycles.